The maximum absolute atomic E-state index is 13.8. The van der Waals surface area contributed by atoms with E-state index in [1.165, 1.54) is 18.1 Å². The van der Waals surface area contributed by atoms with Gasteiger partial charge >= 0.3 is 0 Å². The van der Waals surface area contributed by atoms with Crippen LogP contribution in [0.15, 0.2) is 36.4 Å². The fraction of sp³-hybridized carbons (Fsp3) is 0.316. The van der Waals surface area contributed by atoms with Crippen molar-refractivity contribution in [2.45, 2.75) is 13.5 Å². The zero-order valence-electron chi connectivity index (χ0n) is 14.9. The molecule has 0 spiro atoms. The number of halogens is 1. The van der Waals surface area contributed by atoms with Gasteiger partial charge in [0.15, 0.2) is 11.6 Å². The van der Waals surface area contributed by atoms with E-state index in [-0.39, 0.29) is 11.7 Å². The van der Waals surface area contributed by atoms with Crippen LogP contribution in [0.3, 0.4) is 0 Å². The molecule has 1 N–H and O–H groups in total. The van der Waals surface area contributed by atoms with Gasteiger partial charge in [-0.3, -0.25) is 4.79 Å². The molecule has 0 aliphatic rings. The number of nitrogens with one attached hydrogen (secondary N) is 1. The van der Waals surface area contributed by atoms with E-state index >= 15 is 0 Å². The van der Waals surface area contributed by atoms with Crippen molar-refractivity contribution in [3.05, 3.63) is 53.3 Å². The van der Waals surface area contributed by atoms with Gasteiger partial charge < -0.3 is 19.7 Å². The van der Waals surface area contributed by atoms with Crippen molar-refractivity contribution in [1.29, 1.82) is 0 Å². The lowest BCUT2D eigenvalue weighted by atomic mass is 10.1. The van der Waals surface area contributed by atoms with Crippen LogP contribution in [-0.2, 0) is 6.54 Å². The second-order valence-corrected chi connectivity index (χ2v) is 5.67. The third-order valence-corrected chi connectivity index (χ3v) is 3.63. The Hall–Kier alpha value is -2.76. The largest absolute Gasteiger partial charge is 0.494 e. The van der Waals surface area contributed by atoms with E-state index in [0.717, 1.165) is 5.56 Å². The minimum Gasteiger partial charge on any atom is -0.494 e. The number of carbonyl (C=O) groups excluding carboxylic acids is 1. The Kier molecular flexibility index (Phi) is 6.22. The predicted octanol–water partition coefficient (Wildman–Crippen LogP) is 3.55. The second kappa shape index (κ2) is 8.37. The highest BCUT2D eigenvalue weighted by Gasteiger charge is 2.12. The van der Waals surface area contributed by atoms with Crippen molar-refractivity contribution in [1.82, 2.24) is 4.90 Å². The van der Waals surface area contributed by atoms with Crippen LogP contribution in [0.4, 0.5) is 10.1 Å². The summed E-state index contributed by atoms with van der Waals surface area (Å²) in [5.74, 6) is 0.342. The van der Waals surface area contributed by atoms with Crippen molar-refractivity contribution < 1.29 is 18.7 Å². The van der Waals surface area contributed by atoms with Crippen molar-refractivity contribution >= 4 is 11.6 Å². The molecular formula is C19H23FN2O3. The van der Waals surface area contributed by atoms with Crippen LogP contribution in [0.25, 0.3) is 0 Å². The number of hydrogen-bond donors (Lipinski definition) is 1. The van der Waals surface area contributed by atoms with Crippen LogP contribution in [0.5, 0.6) is 11.5 Å². The average Bonchev–Trinajstić information content (AvgIpc) is 2.60. The second-order valence-electron chi connectivity index (χ2n) is 5.67. The van der Waals surface area contributed by atoms with Gasteiger partial charge in [-0.25, -0.2) is 4.39 Å². The molecule has 0 heterocycles. The van der Waals surface area contributed by atoms with E-state index in [9.17, 15) is 9.18 Å². The summed E-state index contributed by atoms with van der Waals surface area (Å²) >= 11 is 0. The van der Waals surface area contributed by atoms with Gasteiger partial charge in [0.1, 0.15) is 5.75 Å². The molecule has 0 bridgehead atoms. The van der Waals surface area contributed by atoms with Gasteiger partial charge in [0, 0.05) is 26.2 Å². The SMILES string of the molecule is CCOc1ccc(C(=O)N(C)C)cc1NCc1ccc(OC)c(F)c1. The summed E-state index contributed by atoms with van der Waals surface area (Å²) in [6, 6.07) is 10.0. The maximum atomic E-state index is 13.8. The van der Waals surface area contributed by atoms with Crippen molar-refractivity contribution in [3.63, 3.8) is 0 Å². The Morgan fingerprint density at radius 2 is 1.88 bits per heavy atom. The van der Waals surface area contributed by atoms with Crippen molar-refractivity contribution in [2.75, 3.05) is 33.1 Å². The maximum Gasteiger partial charge on any atom is 0.253 e. The molecule has 0 fully saturated rings. The number of rotatable bonds is 7. The third kappa shape index (κ3) is 4.62. The van der Waals surface area contributed by atoms with Crippen LogP contribution in [-0.4, -0.2) is 38.6 Å². The van der Waals surface area contributed by atoms with Gasteiger partial charge in [-0.15, -0.1) is 0 Å². The lowest BCUT2D eigenvalue weighted by Crippen LogP contribution is -2.21. The van der Waals surface area contributed by atoms with E-state index in [2.05, 4.69) is 5.32 Å². The van der Waals surface area contributed by atoms with Gasteiger partial charge in [0.2, 0.25) is 0 Å². The minimum absolute atomic E-state index is 0.0957. The van der Waals surface area contributed by atoms with Crippen LogP contribution in [0.2, 0.25) is 0 Å². The molecule has 2 aromatic carbocycles. The monoisotopic (exact) mass is 346 g/mol. The molecule has 0 unspecified atom stereocenters. The number of hydrogen-bond acceptors (Lipinski definition) is 4. The first-order chi connectivity index (χ1) is 12.0. The molecule has 2 aromatic rings. The lowest BCUT2D eigenvalue weighted by Gasteiger charge is -2.16. The normalized spacial score (nSPS) is 10.3. The Bertz CT molecular complexity index is 747. The summed E-state index contributed by atoms with van der Waals surface area (Å²) in [6.07, 6.45) is 0. The minimum atomic E-state index is -0.414. The fourth-order valence-electron chi connectivity index (χ4n) is 2.36. The first kappa shape index (κ1) is 18.6. The Balaban J connectivity index is 2.22. The standard InChI is InChI=1S/C19H23FN2O3/c1-5-25-18-9-7-14(19(23)22(2)3)11-16(18)21-12-13-6-8-17(24-4)15(20)10-13/h6-11,21H,5,12H2,1-4H3. The summed E-state index contributed by atoms with van der Waals surface area (Å²) in [7, 11) is 4.83. The molecule has 0 saturated heterocycles. The summed E-state index contributed by atoms with van der Waals surface area (Å²) in [6.45, 7) is 2.79. The van der Waals surface area contributed by atoms with Gasteiger partial charge in [-0.2, -0.15) is 0 Å². The lowest BCUT2D eigenvalue weighted by molar-refractivity contribution is 0.0827. The summed E-state index contributed by atoms with van der Waals surface area (Å²) < 4.78 is 24.3. The number of benzene rings is 2. The van der Waals surface area contributed by atoms with Gasteiger partial charge in [0.05, 0.1) is 19.4 Å². The molecule has 5 nitrogen and oxygen atoms in total. The van der Waals surface area contributed by atoms with Crippen molar-refractivity contribution in [3.8, 4) is 11.5 Å². The number of ether oxygens (including phenoxy) is 2. The zero-order chi connectivity index (χ0) is 18.4. The first-order valence-electron chi connectivity index (χ1n) is 8.01. The third-order valence-electron chi connectivity index (χ3n) is 3.63. The molecule has 25 heavy (non-hydrogen) atoms. The predicted molar refractivity (Wildman–Crippen MR) is 95.9 cm³/mol. The van der Waals surface area contributed by atoms with E-state index in [1.54, 1.807) is 44.4 Å². The molecule has 6 heteroatoms. The smallest absolute Gasteiger partial charge is 0.253 e. The first-order valence-corrected chi connectivity index (χ1v) is 8.01. The number of methoxy groups -OCH3 is 1. The number of carbonyl (C=O) groups is 1. The van der Waals surface area contributed by atoms with Gasteiger partial charge in [-0.05, 0) is 42.8 Å². The molecule has 0 aliphatic carbocycles. The van der Waals surface area contributed by atoms with Crippen LogP contribution in [0, 0.1) is 5.82 Å². The molecule has 0 saturated carbocycles. The quantitative estimate of drug-likeness (QED) is 0.833. The van der Waals surface area contributed by atoms with E-state index in [1.807, 2.05) is 6.92 Å². The summed E-state index contributed by atoms with van der Waals surface area (Å²) in [5.41, 5.74) is 1.99. The number of anilines is 1. The molecule has 2 rings (SSSR count). The topological polar surface area (TPSA) is 50.8 Å². The molecule has 134 valence electrons. The van der Waals surface area contributed by atoms with E-state index in [4.69, 9.17) is 9.47 Å². The van der Waals surface area contributed by atoms with E-state index in [0.29, 0.717) is 30.2 Å². The molecular weight excluding hydrogens is 323 g/mol. The Morgan fingerprint density at radius 1 is 1.16 bits per heavy atom. The highest BCUT2D eigenvalue weighted by molar-refractivity contribution is 5.95. The molecule has 0 atom stereocenters. The summed E-state index contributed by atoms with van der Waals surface area (Å²) in [4.78, 5) is 13.7. The molecule has 0 radical (unpaired) electrons. The van der Waals surface area contributed by atoms with Crippen LogP contribution in [0.1, 0.15) is 22.8 Å². The van der Waals surface area contributed by atoms with Gasteiger partial charge in [0.25, 0.3) is 5.91 Å². The van der Waals surface area contributed by atoms with Gasteiger partial charge in [-0.1, -0.05) is 6.07 Å². The average molecular weight is 346 g/mol. The van der Waals surface area contributed by atoms with Crippen LogP contribution >= 0.6 is 0 Å². The Morgan fingerprint density at radius 3 is 2.48 bits per heavy atom. The highest BCUT2D eigenvalue weighted by Crippen LogP contribution is 2.27. The number of nitrogens with zero attached hydrogens (tertiary/aromatic N) is 1. The zero-order valence-corrected chi connectivity index (χ0v) is 14.9. The highest BCUT2D eigenvalue weighted by atomic mass is 19.1. The summed E-state index contributed by atoms with van der Waals surface area (Å²) in [5, 5.41) is 3.21. The Labute approximate surface area is 147 Å². The van der Waals surface area contributed by atoms with Crippen molar-refractivity contribution in [2.24, 2.45) is 0 Å². The molecule has 0 aliphatic heterocycles. The fourth-order valence-corrected chi connectivity index (χ4v) is 2.36. The van der Waals surface area contributed by atoms with E-state index < -0.39 is 5.82 Å². The molecule has 1 amide bonds. The molecule has 0 aromatic heterocycles. The number of amides is 1. The van der Waals surface area contributed by atoms with Crippen LogP contribution < -0.4 is 14.8 Å².